The van der Waals surface area contributed by atoms with E-state index < -0.39 is 0 Å². The van der Waals surface area contributed by atoms with Crippen LogP contribution in [0.1, 0.15) is 12.5 Å². The molecule has 13 heavy (non-hydrogen) atoms. The molecule has 0 N–H and O–H groups in total. The van der Waals surface area contributed by atoms with Crippen molar-refractivity contribution in [3.63, 3.8) is 0 Å². The quantitative estimate of drug-likeness (QED) is 0.689. The van der Waals surface area contributed by atoms with Crippen molar-refractivity contribution in [2.24, 2.45) is 0 Å². The van der Waals surface area contributed by atoms with E-state index in [9.17, 15) is 0 Å². The Morgan fingerprint density at radius 2 is 2.23 bits per heavy atom. The van der Waals surface area contributed by atoms with E-state index in [4.69, 9.17) is 11.6 Å². The fourth-order valence-corrected chi connectivity index (χ4v) is 2.04. The first-order valence-corrected chi connectivity index (χ1v) is 4.99. The van der Waals surface area contributed by atoms with Crippen LogP contribution in [0.15, 0.2) is 24.4 Å². The van der Waals surface area contributed by atoms with Crippen molar-refractivity contribution in [3.05, 3.63) is 35.0 Å². The number of fused-ring (bicyclic) bond motifs is 1. The lowest BCUT2D eigenvalue weighted by Gasteiger charge is -1.98. The minimum atomic E-state index is 0.757. The number of aromatic nitrogens is 1. The lowest BCUT2D eigenvalue weighted by molar-refractivity contribution is 1.14. The number of aryl methyl sites for hydroxylation is 1. The molecule has 0 aliphatic rings. The van der Waals surface area contributed by atoms with Gasteiger partial charge in [-0.3, -0.25) is 3.97 Å². The highest BCUT2D eigenvalue weighted by atomic mass is 35.5. The summed E-state index contributed by atoms with van der Waals surface area (Å²) in [5, 5.41) is 1.82. The van der Waals surface area contributed by atoms with Crippen LogP contribution in [0.2, 0.25) is 5.02 Å². The smallest absolute Gasteiger partial charge is 0.0671 e. The summed E-state index contributed by atoms with van der Waals surface area (Å²) in [6.07, 6.45) is 2.85. The van der Waals surface area contributed by atoms with Gasteiger partial charge >= 0.3 is 0 Å². The van der Waals surface area contributed by atoms with Gasteiger partial charge in [0, 0.05) is 11.6 Å². The van der Waals surface area contributed by atoms with Crippen LogP contribution in [0.3, 0.4) is 0 Å². The number of benzene rings is 1. The summed E-state index contributed by atoms with van der Waals surface area (Å²) >= 11 is 10.3. The predicted molar refractivity (Wildman–Crippen MR) is 60.7 cm³/mol. The Morgan fingerprint density at radius 1 is 1.46 bits per heavy atom. The van der Waals surface area contributed by atoms with E-state index in [1.54, 1.807) is 3.97 Å². The summed E-state index contributed by atoms with van der Waals surface area (Å²) in [6, 6.07) is 6.26. The predicted octanol–water partition coefficient (Wildman–Crippen LogP) is 3.55. The Morgan fingerprint density at radius 3 is 2.92 bits per heavy atom. The van der Waals surface area contributed by atoms with Crippen LogP contribution < -0.4 is 0 Å². The summed E-state index contributed by atoms with van der Waals surface area (Å²) in [7, 11) is 0. The summed E-state index contributed by atoms with van der Waals surface area (Å²) in [4.78, 5) is 0. The van der Waals surface area contributed by atoms with E-state index in [-0.39, 0.29) is 0 Å². The largest absolute Gasteiger partial charge is 0.292 e. The zero-order valence-electron chi connectivity index (χ0n) is 7.29. The lowest BCUT2D eigenvalue weighted by Crippen LogP contribution is -1.81. The van der Waals surface area contributed by atoms with Gasteiger partial charge in [-0.15, -0.1) is 0 Å². The molecule has 0 spiro atoms. The maximum Gasteiger partial charge on any atom is 0.0671 e. The highest BCUT2D eigenvalue weighted by molar-refractivity contribution is 7.78. The molecule has 2 aromatic rings. The molecule has 0 aliphatic heterocycles. The monoisotopic (exact) mass is 211 g/mol. The second-order valence-corrected chi connectivity index (χ2v) is 3.86. The van der Waals surface area contributed by atoms with E-state index in [1.165, 1.54) is 5.56 Å². The van der Waals surface area contributed by atoms with Gasteiger partial charge in [-0.25, -0.2) is 0 Å². The van der Waals surface area contributed by atoms with Gasteiger partial charge in [0.15, 0.2) is 0 Å². The summed E-state index contributed by atoms with van der Waals surface area (Å²) in [6.45, 7) is 2.13. The number of halogens is 1. The van der Waals surface area contributed by atoms with Crippen molar-refractivity contribution in [1.29, 1.82) is 0 Å². The van der Waals surface area contributed by atoms with Crippen LogP contribution in [-0.4, -0.2) is 3.97 Å². The molecule has 0 radical (unpaired) electrons. The summed E-state index contributed by atoms with van der Waals surface area (Å²) < 4.78 is 1.76. The maximum absolute atomic E-state index is 6.00. The number of hydrogen-bond donors (Lipinski definition) is 1. The normalized spacial score (nSPS) is 11.0. The fraction of sp³-hybridized carbons (Fsp3) is 0.200. The van der Waals surface area contributed by atoms with E-state index >= 15 is 0 Å². The van der Waals surface area contributed by atoms with Crippen molar-refractivity contribution in [2.75, 3.05) is 0 Å². The Labute approximate surface area is 87.9 Å². The summed E-state index contributed by atoms with van der Waals surface area (Å²) in [5.74, 6) is 0. The molecule has 0 amide bonds. The molecule has 0 aliphatic carbocycles. The topological polar surface area (TPSA) is 4.93 Å². The fourth-order valence-electron chi connectivity index (χ4n) is 1.44. The number of rotatable bonds is 1. The van der Waals surface area contributed by atoms with Gasteiger partial charge in [-0.2, -0.15) is 0 Å². The van der Waals surface area contributed by atoms with Gasteiger partial charge < -0.3 is 0 Å². The summed E-state index contributed by atoms with van der Waals surface area (Å²) in [5.41, 5.74) is 2.38. The molecule has 0 unspecified atom stereocenters. The molecule has 1 aromatic heterocycles. The Bertz CT molecular complexity index is 447. The van der Waals surface area contributed by atoms with Gasteiger partial charge in [0.1, 0.15) is 0 Å². The third-order valence-electron chi connectivity index (χ3n) is 2.21. The zero-order chi connectivity index (χ0) is 9.42. The average Bonchev–Trinajstić information content (AvgIpc) is 2.42. The van der Waals surface area contributed by atoms with Gasteiger partial charge in [0.25, 0.3) is 0 Å². The van der Waals surface area contributed by atoms with Crippen molar-refractivity contribution in [3.8, 4) is 0 Å². The molecule has 2 rings (SSSR count). The minimum Gasteiger partial charge on any atom is -0.292 e. The maximum atomic E-state index is 6.00. The molecule has 0 bridgehead atoms. The minimum absolute atomic E-state index is 0.757. The number of nitrogens with zero attached hydrogens (tertiary/aromatic N) is 1. The average molecular weight is 212 g/mol. The number of thiol groups is 1. The molecular formula is C10H10ClNS. The van der Waals surface area contributed by atoms with Crippen LogP contribution in [0.5, 0.6) is 0 Å². The highest BCUT2D eigenvalue weighted by Crippen LogP contribution is 2.27. The van der Waals surface area contributed by atoms with Crippen LogP contribution in [0.4, 0.5) is 0 Å². The Hall–Kier alpha value is -0.600. The lowest BCUT2D eigenvalue weighted by atomic mass is 10.1. The molecule has 3 heteroatoms. The van der Waals surface area contributed by atoms with Gasteiger partial charge in [0.05, 0.1) is 10.5 Å². The first-order valence-electron chi connectivity index (χ1n) is 4.21. The Balaban J connectivity index is 2.76. The van der Waals surface area contributed by atoms with Crippen LogP contribution in [0, 0.1) is 0 Å². The van der Waals surface area contributed by atoms with Gasteiger partial charge in [0.2, 0.25) is 0 Å². The highest BCUT2D eigenvalue weighted by Gasteiger charge is 2.04. The van der Waals surface area contributed by atoms with E-state index in [1.807, 2.05) is 12.3 Å². The molecule has 1 nitrogen and oxygen atoms in total. The molecule has 0 saturated carbocycles. The molecule has 68 valence electrons. The van der Waals surface area contributed by atoms with Crippen molar-refractivity contribution in [1.82, 2.24) is 3.97 Å². The SMILES string of the molecule is CCc1ccc2c(Cl)cn(S)c2c1. The third kappa shape index (κ3) is 1.45. The van der Waals surface area contributed by atoms with Crippen molar-refractivity contribution >= 4 is 35.3 Å². The first-order chi connectivity index (χ1) is 6.22. The molecule has 1 aromatic carbocycles. The third-order valence-corrected chi connectivity index (χ3v) is 2.84. The zero-order valence-corrected chi connectivity index (χ0v) is 8.94. The van der Waals surface area contributed by atoms with Crippen LogP contribution >= 0.6 is 24.4 Å². The van der Waals surface area contributed by atoms with E-state index in [0.717, 1.165) is 22.3 Å². The second kappa shape index (κ2) is 3.28. The van der Waals surface area contributed by atoms with Crippen molar-refractivity contribution < 1.29 is 0 Å². The van der Waals surface area contributed by atoms with Crippen molar-refractivity contribution in [2.45, 2.75) is 13.3 Å². The van der Waals surface area contributed by atoms with Gasteiger partial charge in [-0.05, 0) is 18.1 Å². The first kappa shape index (κ1) is 8.97. The molecule has 0 fully saturated rings. The molecule has 0 saturated heterocycles. The molecule has 0 atom stereocenters. The molecular weight excluding hydrogens is 202 g/mol. The standard InChI is InChI=1S/C10H10ClNS/c1-2-7-3-4-8-9(11)6-12(13)10(8)5-7/h3-6,13H,2H2,1H3. The van der Waals surface area contributed by atoms with E-state index in [2.05, 4.69) is 31.9 Å². The van der Waals surface area contributed by atoms with E-state index in [0.29, 0.717) is 0 Å². The van der Waals surface area contributed by atoms with Crippen LogP contribution in [-0.2, 0) is 6.42 Å². The number of hydrogen-bond acceptors (Lipinski definition) is 1. The van der Waals surface area contributed by atoms with Gasteiger partial charge in [-0.1, -0.05) is 43.5 Å². The van der Waals surface area contributed by atoms with Crippen LogP contribution in [0.25, 0.3) is 10.9 Å². The molecule has 1 heterocycles. The Kier molecular flexibility index (Phi) is 2.26. The second-order valence-electron chi connectivity index (χ2n) is 3.03.